The minimum absolute atomic E-state index is 0.0562. The molecule has 37 heavy (non-hydrogen) atoms. The van der Waals surface area contributed by atoms with Gasteiger partial charge in [0, 0.05) is 23.8 Å². The second kappa shape index (κ2) is 11.5. The summed E-state index contributed by atoms with van der Waals surface area (Å²) in [6, 6.07) is 3.19. The van der Waals surface area contributed by atoms with E-state index in [1.54, 1.807) is 0 Å². The average molecular weight is 614 g/mol. The second-order valence-electron chi connectivity index (χ2n) is 8.19. The molecular formula is C23H18Cl3F7O3S. The topological polar surface area (TPSA) is 51.2 Å². The first kappa shape index (κ1) is 31.4. The number of carbonyl (C=O) groups is 1. The second-order valence-corrected chi connectivity index (χ2v) is 11.8. The van der Waals surface area contributed by atoms with Crippen molar-refractivity contribution in [1.82, 2.24) is 0 Å². The van der Waals surface area contributed by atoms with E-state index in [9.17, 15) is 43.9 Å². The van der Waals surface area contributed by atoms with Crippen LogP contribution in [0.2, 0.25) is 15.1 Å². The largest absolute Gasteiger partial charge is 0.417 e. The molecule has 14 heteroatoms. The summed E-state index contributed by atoms with van der Waals surface area (Å²) in [6.07, 6.45) is -10.1. The SMILES string of the molecule is CC(CCC(=O)c1ccc(/C(F)=C/C(c2cc(Cl)c(Cl)c(Cl)c2)C(F)(F)F)cc1C(F)(F)F)S(C)(=O)=O. The van der Waals surface area contributed by atoms with Crippen molar-refractivity contribution < 1.29 is 43.9 Å². The van der Waals surface area contributed by atoms with Crippen LogP contribution in [0.15, 0.2) is 36.4 Å². The number of ketones is 1. The molecule has 204 valence electrons. The Morgan fingerprint density at radius 1 is 1.00 bits per heavy atom. The highest BCUT2D eigenvalue weighted by molar-refractivity contribution is 7.91. The number of benzene rings is 2. The maximum atomic E-state index is 14.9. The minimum Gasteiger partial charge on any atom is -0.294 e. The third-order valence-corrected chi connectivity index (χ3v) is 8.34. The third kappa shape index (κ3) is 8.08. The number of hydrogen-bond donors (Lipinski definition) is 0. The summed E-state index contributed by atoms with van der Waals surface area (Å²) in [5.74, 6) is -5.36. The summed E-state index contributed by atoms with van der Waals surface area (Å²) in [5.41, 5.74) is -3.92. The first-order valence-electron chi connectivity index (χ1n) is 10.3. The van der Waals surface area contributed by atoms with Crippen LogP contribution < -0.4 is 0 Å². The monoisotopic (exact) mass is 612 g/mol. The van der Waals surface area contributed by atoms with E-state index in [1.807, 2.05) is 0 Å². The van der Waals surface area contributed by atoms with Crippen molar-refractivity contribution in [3.8, 4) is 0 Å². The predicted molar refractivity (Wildman–Crippen MR) is 129 cm³/mol. The van der Waals surface area contributed by atoms with Crippen molar-refractivity contribution in [3.05, 3.63) is 73.7 Å². The van der Waals surface area contributed by atoms with E-state index < -0.39 is 73.6 Å². The van der Waals surface area contributed by atoms with E-state index in [0.29, 0.717) is 6.07 Å². The molecule has 0 aromatic heterocycles. The molecule has 3 nitrogen and oxygen atoms in total. The molecule has 2 atom stereocenters. The number of carbonyl (C=O) groups excluding carboxylic acids is 1. The van der Waals surface area contributed by atoms with Gasteiger partial charge in [-0.25, -0.2) is 12.8 Å². The Balaban J connectivity index is 2.52. The van der Waals surface area contributed by atoms with E-state index in [-0.39, 0.29) is 33.6 Å². The predicted octanol–water partition coefficient (Wildman–Crippen LogP) is 8.72. The van der Waals surface area contributed by atoms with Gasteiger partial charge in [-0.15, -0.1) is 0 Å². The molecule has 0 bridgehead atoms. The normalized spacial score (nSPS) is 15.0. The number of rotatable bonds is 8. The van der Waals surface area contributed by atoms with Crippen LogP contribution in [0.25, 0.3) is 5.83 Å². The molecule has 2 aromatic carbocycles. The lowest BCUT2D eigenvalue weighted by Gasteiger charge is -2.19. The molecule has 0 spiro atoms. The van der Waals surface area contributed by atoms with E-state index in [2.05, 4.69) is 0 Å². The lowest BCUT2D eigenvalue weighted by molar-refractivity contribution is -0.140. The van der Waals surface area contributed by atoms with Gasteiger partial charge in [0.15, 0.2) is 5.78 Å². The summed E-state index contributed by atoms with van der Waals surface area (Å²) in [6.45, 7) is 1.29. The lowest BCUT2D eigenvalue weighted by Crippen LogP contribution is -2.19. The average Bonchev–Trinajstić information content (AvgIpc) is 2.76. The maximum absolute atomic E-state index is 14.9. The molecule has 0 fully saturated rings. The zero-order valence-corrected chi connectivity index (χ0v) is 22.0. The number of Topliss-reactive ketones (excluding diaryl/α,β-unsaturated/α-hetero) is 1. The smallest absolute Gasteiger partial charge is 0.294 e. The maximum Gasteiger partial charge on any atom is 0.417 e. The molecule has 2 unspecified atom stereocenters. The molecule has 0 saturated heterocycles. The minimum atomic E-state index is -5.16. The molecule has 0 aliphatic rings. The molecular weight excluding hydrogens is 596 g/mol. The van der Waals surface area contributed by atoms with Crippen LogP contribution in [0.4, 0.5) is 30.7 Å². The number of hydrogen-bond acceptors (Lipinski definition) is 3. The fraction of sp³-hybridized carbons (Fsp3) is 0.348. The van der Waals surface area contributed by atoms with Crippen LogP contribution in [0.3, 0.4) is 0 Å². The number of allylic oxidation sites excluding steroid dienone is 1. The van der Waals surface area contributed by atoms with Gasteiger partial charge < -0.3 is 0 Å². The fourth-order valence-corrected chi connectivity index (χ4v) is 4.39. The van der Waals surface area contributed by atoms with E-state index in [1.165, 1.54) is 6.92 Å². The zero-order chi connectivity index (χ0) is 28.5. The summed E-state index contributed by atoms with van der Waals surface area (Å²) >= 11 is 17.3. The van der Waals surface area contributed by atoms with Crippen molar-refractivity contribution in [2.75, 3.05) is 6.26 Å². The van der Waals surface area contributed by atoms with Crippen molar-refractivity contribution >= 4 is 56.3 Å². The van der Waals surface area contributed by atoms with Gasteiger partial charge in [-0.2, -0.15) is 26.3 Å². The van der Waals surface area contributed by atoms with Crippen LogP contribution in [0.1, 0.15) is 52.7 Å². The van der Waals surface area contributed by atoms with Gasteiger partial charge in [-0.3, -0.25) is 4.79 Å². The molecule has 0 radical (unpaired) electrons. The molecule has 2 rings (SSSR count). The molecule has 0 aliphatic carbocycles. The fourth-order valence-electron chi connectivity index (χ4n) is 3.23. The third-order valence-electron chi connectivity index (χ3n) is 5.44. The van der Waals surface area contributed by atoms with Crippen molar-refractivity contribution in [2.24, 2.45) is 0 Å². The molecule has 0 amide bonds. The first-order chi connectivity index (χ1) is 16.7. The Morgan fingerprint density at radius 3 is 2.00 bits per heavy atom. The summed E-state index contributed by atoms with van der Waals surface area (Å²) in [5, 5.41) is -1.93. The van der Waals surface area contributed by atoms with Crippen molar-refractivity contribution in [3.63, 3.8) is 0 Å². The van der Waals surface area contributed by atoms with Crippen LogP contribution >= 0.6 is 34.8 Å². The lowest BCUT2D eigenvalue weighted by atomic mass is 9.94. The Hall–Kier alpha value is -1.82. The number of alkyl halides is 6. The van der Waals surface area contributed by atoms with Crippen LogP contribution in [-0.4, -0.2) is 31.9 Å². The Kier molecular flexibility index (Phi) is 9.77. The van der Waals surface area contributed by atoms with Gasteiger partial charge in [0.25, 0.3) is 0 Å². The first-order valence-corrected chi connectivity index (χ1v) is 13.3. The van der Waals surface area contributed by atoms with E-state index in [4.69, 9.17) is 34.8 Å². The quantitative estimate of drug-likeness (QED) is 0.170. The Labute approximate surface area is 223 Å². The van der Waals surface area contributed by atoms with E-state index >= 15 is 0 Å². The van der Waals surface area contributed by atoms with Crippen LogP contribution in [-0.2, 0) is 16.0 Å². The standard InChI is InChI=1S/C23H18Cl3F7O3S/c1-11(37(2,35)36)3-6-20(34)14-5-4-12(7-16(14)23(31,32)33)19(27)10-15(22(28,29)30)13-8-17(24)21(26)18(25)9-13/h4-5,7-11,15H,3,6H2,1-2H3/b19-10-. The molecule has 0 saturated carbocycles. The summed E-state index contributed by atoms with van der Waals surface area (Å²) < 4.78 is 120. The van der Waals surface area contributed by atoms with Gasteiger partial charge in [-0.05, 0) is 43.2 Å². The van der Waals surface area contributed by atoms with Gasteiger partial charge in [0.2, 0.25) is 0 Å². The molecule has 0 aliphatic heterocycles. The van der Waals surface area contributed by atoms with Gasteiger partial charge in [0.05, 0.1) is 25.9 Å². The van der Waals surface area contributed by atoms with Crippen molar-refractivity contribution in [2.45, 2.75) is 43.3 Å². The molecule has 2 aromatic rings. The summed E-state index contributed by atoms with van der Waals surface area (Å²) in [4.78, 5) is 12.4. The van der Waals surface area contributed by atoms with Crippen LogP contribution in [0.5, 0.6) is 0 Å². The van der Waals surface area contributed by atoms with Crippen molar-refractivity contribution in [1.29, 1.82) is 0 Å². The highest BCUT2D eigenvalue weighted by Crippen LogP contribution is 2.43. The molecule has 0 N–H and O–H groups in total. The van der Waals surface area contributed by atoms with Gasteiger partial charge in [-0.1, -0.05) is 46.9 Å². The Bertz CT molecular complexity index is 1300. The van der Waals surface area contributed by atoms with E-state index in [0.717, 1.165) is 24.5 Å². The van der Waals surface area contributed by atoms with Gasteiger partial charge in [0.1, 0.15) is 21.6 Å². The highest BCUT2D eigenvalue weighted by Gasteiger charge is 2.41. The molecule has 0 heterocycles. The number of halogens is 10. The van der Waals surface area contributed by atoms with Crippen LogP contribution in [0, 0.1) is 0 Å². The van der Waals surface area contributed by atoms with Gasteiger partial charge >= 0.3 is 12.4 Å². The zero-order valence-electron chi connectivity index (χ0n) is 18.9. The Morgan fingerprint density at radius 2 is 1.54 bits per heavy atom. The highest BCUT2D eigenvalue weighted by atomic mass is 35.5. The summed E-state index contributed by atoms with van der Waals surface area (Å²) in [7, 11) is -3.54. The number of sulfone groups is 1.